The van der Waals surface area contributed by atoms with Crippen LogP contribution in [0, 0.1) is 25.7 Å². The van der Waals surface area contributed by atoms with E-state index >= 15 is 0 Å². The SMILES string of the molecule is Cc1ccc(C(=O)Nc2ccc(C)c(C#CCO)c2)s1. The number of aliphatic hydroxyl groups is 1. The van der Waals surface area contributed by atoms with Crippen LogP contribution in [0.1, 0.15) is 25.7 Å². The van der Waals surface area contributed by atoms with Gasteiger partial charge in [-0.1, -0.05) is 17.9 Å². The van der Waals surface area contributed by atoms with E-state index in [1.54, 1.807) is 0 Å². The largest absolute Gasteiger partial charge is 0.384 e. The summed E-state index contributed by atoms with van der Waals surface area (Å²) in [7, 11) is 0. The van der Waals surface area contributed by atoms with Crippen molar-refractivity contribution in [3.05, 3.63) is 51.2 Å². The van der Waals surface area contributed by atoms with E-state index in [1.807, 2.05) is 44.2 Å². The fourth-order valence-corrected chi connectivity index (χ4v) is 2.48. The Bertz CT molecular complexity index is 692. The molecule has 0 saturated carbocycles. The van der Waals surface area contributed by atoms with Crippen molar-refractivity contribution in [2.24, 2.45) is 0 Å². The van der Waals surface area contributed by atoms with Gasteiger partial charge in [-0.3, -0.25) is 4.79 Å². The van der Waals surface area contributed by atoms with Crippen molar-refractivity contribution < 1.29 is 9.90 Å². The second-order valence-electron chi connectivity index (χ2n) is 4.35. The quantitative estimate of drug-likeness (QED) is 0.833. The van der Waals surface area contributed by atoms with Crippen molar-refractivity contribution in [2.45, 2.75) is 13.8 Å². The van der Waals surface area contributed by atoms with Crippen LogP contribution in [0.5, 0.6) is 0 Å². The van der Waals surface area contributed by atoms with Crippen LogP contribution in [0.4, 0.5) is 5.69 Å². The van der Waals surface area contributed by atoms with E-state index in [1.165, 1.54) is 11.3 Å². The van der Waals surface area contributed by atoms with E-state index in [9.17, 15) is 4.79 Å². The molecule has 0 fully saturated rings. The number of hydrogen-bond donors (Lipinski definition) is 2. The zero-order valence-corrected chi connectivity index (χ0v) is 12.2. The molecule has 0 atom stereocenters. The van der Waals surface area contributed by atoms with Crippen molar-refractivity contribution in [2.75, 3.05) is 11.9 Å². The highest BCUT2D eigenvalue weighted by Crippen LogP contribution is 2.19. The van der Waals surface area contributed by atoms with Crippen molar-refractivity contribution in [3.8, 4) is 11.8 Å². The molecule has 0 aliphatic rings. The molecule has 1 heterocycles. The number of nitrogens with one attached hydrogen (secondary N) is 1. The summed E-state index contributed by atoms with van der Waals surface area (Å²) >= 11 is 1.46. The van der Waals surface area contributed by atoms with Gasteiger partial charge in [-0.2, -0.15) is 0 Å². The maximum Gasteiger partial charge on any atom is 0.265 e. The summed E-state index contributed by atoms with van der Waals surface area (Å²) in [4.78, 5) is 13.9. The number of rotatable bonds is 2. The third-order valence-corrected chi connectivity index (χ3v) is 3.76. The molecule has 4 heteroatoms. The molecule has 0 aliphatic carbocycles. The van der Waals surface area contributed by atoms with Crippen molar-refractivity contribution >= 4 is 22.9 Å². The Labute approximate surface area is 122 Å². The van der Waals surface area contributed by atoms with Crippen molar-refractivity contribution in [1.29, 1.82) is 0 Å². The monoisotopic (exact) mass is 285 g/mol. The predicted octanol–water partition coefficient (Wildman–Crippen LogP) is 2.96. The van der Waals surface area contributed by atoms with Gasteiger partial charge in [0, 0.05) is 16.1 Å². The van der Waals surface area contributed by atoms with E-state index in [2.05, 4.69) is 17.2 Å². The highest BCUT2D eigenvalue weighted by atomic mass is 32.1. The molecule has 2 aromatic rings. The molecular weight excluding hydrogens is 270 g/mol. The number of hydrogen-bond acceptors (Lipinski definition) is 3. The highest BCUT2D eigenvalue weighted by Gasteiger charge is 2.08. The molecule has 20 heavy (non-hydrogen) atoms. The van der Waals surface area contributed by atoms with E-state index < -0.39 is 0 Å². The maximum atomic E-state index is 12.1. The van der Waals surface area contributed by atoms with Crippen LogP contribution >= 0.6 is 11.3 Å². The van der Waals surface area contributed by atoms with Gasteiger partial charge in [0.25, 0.3) is 5.91 Å². The van der Waals surface area contributed by atoms with Gasteiger partial charge in [-0.15, -0.1) is 11.3 Å². The van der Waals surface area contributed by atoms with Gasteiger partial charge in [0.05, 0.1) is 4.88 Å². The number of benzene rings is 1. The van der Waals surface area contributed by atoms with Gasteiger partial charge < -0.3 is 10.4 Å². The van der Waals surface area contributed by atoms with Crippen LogP contribution in [-0.2, 0) is 0 Å². The van der Waals surface area contributed by atoms with E-state index in [-0.39, 0.29) is 12.5 Å². The minimum atomic E-state index is -0.176. The van der Waals surface area contributed by atoms with Crippen molar-refractivity contribution in [1.82, 2.24) is 0 Å². The topological polar surface area (TPSA) is 49.3 Å². The van der Waals surface area contributed by atoms with Gasteiger partial charge in [-0.05, 0) is 43.7 Å². The summed E-state index contributed by atoms with van der Waals surface area (Å²) in [5.74, 6) is 5.37. The van der Waals surface area contributed by atoms with Crippen molar-refractivity contribution in [3.63, 3.8) is 0 Å². The van der Waals surface area contributed by atoms with Crippen LogP contribution < -0.4 is 5.32 Å². The Kier molecular flexibility index (Phi) is 4.57. The Morgan fingerprint density at radius 1 is 1.30 bits per heavy atom. The van der Waals surface area contributed by atoms with E-state index in [4.69, 9.17) is 5.11 Å². The minimum Gasteiger partial charge on any atom is -0.384 e. The van der Waals surface area contributed by atoms with Gasteiger partial charge >= 0.3 is 0 Å². The van der Waals surface area contributed by atoms with E-state index in [0.717, 1.165) is 16.0 Å². The number of aryl methyl sites for hydroxylation is 2. The minimum absolute atomic E-state index is 0.118. The normalized spacial score (nSPS) is 9.75. The molecule has 1 aromatic carbocycles. The average molecular weight is 285 g/mol. The molecule has 0 spiro atoms. The predicted molar refractivity (Wildman–Crippen MR) is 82.2 cm³/mol. The summed E-state index contributed by atoms with van der Waals surface area (Å²) in [6.45, 7) is 3.73. The number of carbonyl (C=O) groups excluding carboxylic acids is 1. The molecule has 0 bridgehead atoms. The summed E-state index contributed by atoms with van der Waals surface area (Å²) in [6.07, 6.45) is 0. The van der Waals surface area contributed by atoms with Crippen LogP contribution in [0.3, 0.4) is 0 Å². The fourth-order valence-electron chi connectivity index (χ4n) is 1.72. The number of carbonyl (C=O) groups is 1. The lowest BCUT2D eigenvalue weighted by atomic mass is 10.1. The van der Waals surface area contributed by atoms with Crippen LogP contribution in [0.2, 0.25) is 0 Å². The maximum absolute atomic E-state index is 12.1. The third kappa shape index (κ3) is 3.47. The molecule has 1 amide bonds. The van der Waals surface area contributed by atoms with Gasteiger partial charge in [0.1, 0.15) is 6.61 Å². The molecule has 0 saturated heterocycles. The second-order valence-corrected chi connectivity index (χ2v) is 5.64. The van der Waals surface area contributed by atoms with Gasteiger partial charge in [0.2, 0.25) is 0 Å². The Hall–Kier alpha value is -2.09. The summed E-state index contributed by atoms with van der Waals surface area (Å²) in [5, 5.41) is 11.6. The standard InChI is InChI=1S/C16H15NO2S/c1-11-5-7-14(10-13(11)4-3-9-18)17-16(19)15-8-6-12(2)20-15/h5-8,10,18H,9H2,1-2H3,(H,17,19). The molecule has 2 N–H and O–H groups in total. The Balaban J connectivity index is 2.19. The third-order valence-electron chi connectivity index (χ3n) is 2.76. The second kappa shape index (κ2) is 6.38. The summed E-state index contributed by atoms with van der Waals surface area (Å²) in [6, 6.07) is 9.30. The molecule has 102 valence electrons. The molecule has 0 unspecified atom stereocenters. The van der Waals surface area contributed by atoms with Crippen LogP contribution in [0.25, 0.3) is 0 Å². The van der Waals surface area contributed by atoms with Crippen LogP contribution in [0.15, 0.2) is 30.3 Å². The Morgan fingerprint density at radius 3 is 2.75 bits per heavy atom. The molecule has 0 radical (unpaired) electrons. The smallest absolute Gasteiger partial charge is 0.265 e. The molecule has 0 aliphatic heterocycles. The summed E-state index contributed by atoms with van der Waals surface area (Å²) in [5.41, 5.74) is 2.52. The molecule has 1 aromatic heterocycles. The number of thiophene rings is 1. The first kappa shape index (κ1) is 14.3. The zero-order chi connectivity index (χ0) is 14.5. The molecular formula is C16H15NO2S. The van der Waals surface area contributed by atoms with Gasteiger partial charge in [-0.25, -0.2) is 0 Å². The number of amides is 1. The highest BCUT2D eigenvalue weighted by molar-refractivity contribution is 7.14. The molecule has 2 rings (SSSR count). The first-order valence-electron chi connectivity index (χ1n) is 6.18. The summed E-state index contributed by atoms with van der Waals surface area (Å²) < 4.78 is 0. The fraction of sp³-hybridized carbons (Fsp3) is 0.188. The number of anilines is 1. The first-order chi connectivity index (χ1) is 9.60. The lowest BCUT2D eigenvalue weighted by Crippen LogP contribution is -2.10. The average Bonchev–Trinajstić information content (AvgIpc) is 2.86. The lowest BCUT2D eigenvalue weighted by Gasteiger charge is -2.06. The van der Waals surface area contributed by atoms with Crippen LogP contribution in [-0.4, -0.2) is 17.6 Å². The zero-order valence-electron chi connectivity index (χ0n) is 11.4. The molecule has 3 nitrogen and oxygen atoms in total. The first-order valence-corrected chi connectivity index (χ1v) is 7.00. The van der Waals surface area contributed by atoms with E-state index in [0.29, 0.717) is 10.6 Å². The number of aliphatic hydroxyl groups excluding tert-OH is 1. The lowest BCUT2D eigenvalue weighted by molar-refractivity contribution is 0.103. The van der Waals surface area contributed by atoms with Gasteiger partial charge in [0.15, 0.2) is 0 Å². The Morgan fingerprint density at radius 2 is 2.10 bits per heavy atom.